The molecule has 0 aromatic heterocycles. The maximum absolute atomic E-state index is 12.5. The zero-order chi connectivity index (χ0) is 15.2. The molecule has 1 heterocycles. The Balaban J connectivity index is 2.08. The Morgan fingerprint density at radius 3 is 2.62 bits per heavy atom. The molecule has 1 saturated heterocycles. The summed E-state index contributed by atoms with van der Waals surface area (Å²) in [5.74, 6) is 1.37. The molecule has 1 aromatic rings. The van der Waals surface area contributed by atoms with E-state index >= 15 is 0 Å². The van der Waals surface area contributed by atoms with Crippen molar-refractivity contribution in [3.8, 4) is 0 Å². The molecule has 1 aliphatic rings. The Kier molecular flexibility index (Phi) is 6.40. The van der Waals surface area contributed by atoms with Gasteiger partial charge in [0.25, 0.3) is 0 Å². The number of carbonyl (C=O) groups is 1. The predicted octanol–water partition coefficient (Wildman–Crippen LogP) is 3.69. The van der Waals surface area contributed by atoms with Crippen LogP contribution in [0.25, 0.3) is 0 Å². The Bertz CT molecular complexity index is 466. The lowest BCUT2D eigenvalue weighted by atomic mass is 10.1. The summed E-state index contributed by atoms with van der Waals surface area (Å²) in [6, 6.07) is 7.70. The molecule has 0 spiro atoms. The van der Waals surface area contributed by atoms with Crippen molar-refractivity contribution in [3.63, 3.8) is 0 Å². The van der Waals surface area contributed by atoms with Crippen molar-refractivity contribution in [2.75, 3.05) is 18.6 Å². The van der Waals surface area contributed by atoms with E-state index in [0.29, 0.717) is 0 Å². The summed E-state index contributed by atoms with van der Waals surface area (Å²) >= 11 is 7.81. The molecule has 0 aliphatic carbocycles. The molecule has 0 bridgehead atoms. The summed E-state index contributed by atoms with van der Waals surface area (Å²) in [5, 5.41) is 4.17. The summed E-state index contributed by atoms with van der Waals surface area (Å²) in [7, 11) is 0. The average Bonchev–Trinajstić information content (AvgIpc) is 2.81. The zero-order valence-electron chi connectivity index (χ0n) is 12.6. The predicted molar refractivity (Wildman–Crippen MR) is 90.7 cm³/mol. The number of hydrogen-bond donors (Lipinski definition) is 1. The van der Waals surface area contributed by atoms with Crippen molar-refractivity contribution in [2.24, 2.45) is 0 Å². The number of hydrogen-bond acceptors (Lipinski definition) is 3. The van der Waals surface area contributed by atoms with E-state index < -0.39 is 0 Å². The van der Waals surface area contributed by atoms with Gasteiger partial charge in [0, 0.05) is 11.6 Å². The summed E-state index contributed by atoms with van der Waals surface area (Å²) in [6.45, 7) is 2.86. The Hall–Kier alpha value is -0.710. The van der Waals surface area contributed by atoms with Gasteiger partial charge in [-0.05, 0) is 49.0 Å². The van der Waals surface area contributed by atoms with Gasteiger partial charge in [-0.25, -0.2) is 0 Å². The standard InChI is InChI=1S/C16H23ClN2OS/c1-3-14-16(20)19(10-4-5-11-21-2)15(18-14)12-6-8-13(17)9-7-12/h6-9,14-15,18H,3-5,10-11H2,1-2H3. The first kappa shape index (κ1) is 16.7. The maximum atomic E-state index is 12.5. The highest BCUT2D eigenvalue weighted by Gasteiger charge is 2.37. The molecule has 1 aromatic carbocycles. The highest BCUT2D eigenvalue weighted by atomic mass is 35.5. The Morgan fingerprint density at radius 1 is 1.29 bits per heavy atom. The molecule has 3 nitrogen and oxygen atoms in total. The van der Waals surface area contributed by atoms with E-state index in [1.807, 2.05) is 47.9 Å². The van der Waals surface area contributed by atoms with Crippen LogP contribution < -0.4 is 5.32 Å². The summed E-state index contributed by atoms with van der Waals surface area (Å²) in [5.41, 5.74) is 1.11. The van der Waals surface area contributed by atoms with Crippen molar-refractivity contribution in [1.82, 2.24) is 10.2 Å². The number of thioether (sulfide) groups is 1. The molecule has 0 radical (unpaired) electrons. The first-order chi connectivity index (χ1) is 10.2. The first-order valence-electron chi connectivity index (χ1n) is 7.48. The minimum atomic E-state index is -0.0637. The van der Waals surface area contributed by atoms with Gasteiger partial charge in [-0.15, -0.1) is 0 Å². The molecule has 116 valence electrons. The molecule has 1 N–H and O–H groups in total. The van der Waals surface area contributed by atoms with Crippen LogP contribution in [-0.4, -0.2) is 35.4 Å². The number of halogens is 1. The normalized spacial score (nSPS) is 22.0. The van der Waals surface area contributed by atoms with Crippen molar-refractivity contribution >= 4 is 29.3 Å². The first-order valence-corrected chi connectivity index (χ1v) is 9.25. The second-order valence-corrected chi connectivity index (χ2v) is 6.74. The number of nitrogens with zero attached hydrogens (tertiary/aromatic N) is 1. The highest BCUT2D eigenvalue weighted by molar-refractivity contribution is 7.98. The van der Waals surface area contributed by atoms with Crippen LogP contribution in [0.2, 0.25) is 5.02 Å². The smallest absolute Gasteiger partial charge is 0.241 e. The third-order valence-electron chi connectivity index (χ3n) is 3.84. The zero-order valence-corrected chi connectivity index (χ0v) is 14.2. The van der Waals surface area contributed by atoms with Gasteiger partial charge in [0.2, 0.25) is 5.91 Å². The van der Waals surface area contributed by atoms with Gasteiger partial charge < -0.3 is 4.90 Å². The molecule has 0 saturated carbocycles. The van der Waals surface area contributed by atoms with Crippen LogP contribution in [0.3, 0.4) is 0 Å². The van der Waals surface area contributed by atoms with E-state index in [9.17, 15) is 4.79 Å². The van der Waals surface area contributed by atoms with Crippen LogP contribution in [0.5, 0.6) is 0 Å². The fraction of sp³-hybridized carbons (Fsp3) is 0.562. The summed E-state index contributed by atoms with van der Waals surface area (Å²) < 4.78 is 0. The summed E-state index contributed by atoms with van der Waals surface area (Å²) in [6.07, 6.45) is 5.12. The molecular formula is C16H23ClN2OS. The van der Waals surface area contributed by atoms with Crippen LogP contribution >= 0.6 is 23.4 Å². The topological polar surface area (TPSA) is 32.3 Å². The van der Waals surface area contributed by atoms with Crippen molar-refractivity contribution in [1.29, 1.82) is 0 Å². The SMILES string of the molecule is CCC1NC(c2ccc(Cl)cc2)N(CCCCSC)C1=O. The molecule has 2 unspecified atom stereocenters. The Labute approximate surface area is 136 Å². The second-order valence-electron chi connectivity index (χ2n) is 5.31. The second kappa shape index (κ2) is 8.06. The third-order valence-corrected chi connectivity index (χ3v) is 4.79. The molecule has 1 amide bonds. The largest absolute Gasteiger partial charge is 0.322 e. The average molecular weight is 327 g/mol. The van der Waals surface area contributed by atoms with E-state index in [2.05, 4.69) is 11.6 Å². The van der Waals surface area contributed by atoms with E-state index in [1.165, 1.54) is 0 Å². The van der Waals surface area contributed by atoms with E-state index in [-0.39, 0.29) is 18.1 Å². The van der Waals surface area contributed by atoms with Gasteiger partial charge >= 0.3 is 0 Å². The third kappa shape index (κ3) is 4.15. The lowest BCUT2D eigenvalue weighted by molar-refractivity contribution is -0.130. The number of nitrogens with one attached hydrogen (secondary N) is 1. The number of amides is 1. The summed E-state index contributed by atoms with van der Waals surface area (Å²) in [4.78, 5) is 14.5. The number of benzene rings is 1. The van der Waals surface area contributed by atoms with E-state index in [1.54, 1.807) is 0 Å². The lowest BCUT2D eigenvalue weighted by Gasteiger charge is -2.24. The molecule has 5 heteroatoms. The number of unbranched alkanes of at least 4 members (excludes halogenated alkanes) is 1. The lowest BCUT2D eigenvalue weighted by Crippen LogP contribution is -2.32. The van der Waals surface area contributed by atoms with Gasteiger partial charge in [-0.2, -0.15) is 11.8 Å². The minimum Gasteiger partial charge on any atom is -0.322 e. The quantitative estimate of drug-likeness (QED) is 0.776. The fourth-order valence-electron chi connectivity index (χ4n) is 2.66. The van der Waals surface area contributed by atoms with Crippen molar-refractivity contribution in [2.45, 2.75) is 38.4 Å². The highest BCUT2D eigenvalue weighted by Crippen LogP contribution is 2.27. The maximum Gasteiger partial charge on any atom is 0.241 e. The fourth-order valence-corrected chi connectivity index (χ4v) is 3.28. The van der Waals surface area contributed by atoms with Gasteiger partial charge in [0.1, 0.15) is 6.17 Å². The molecular weight excluding hydrogens is 304 g/mol. The van der Waals surface area contributed by atoms with Crippen LogP contribution in [-0.2, 0) is 4.79 Å². The number of rotatable bonds is 7. The molecule has 1 fully saturated rings. The molecule has 2 rings (SSSR count). The molecule has 1 aliphatic heterocycles. The van der Waals surface area contributed by atoms with Gasteiger partial charge in [-0.1, -0.05) is 30.7 Å². The van der Waals surface area contributed by atoms with Gasteiger partial charge in [0.05, 0.1) is 6.04 Å². The van der Waals surface area contributed by atoms with Crippen molar-refractivity contribution < 1.29 is 4.79 Å². The Morgan fingerprint density at radius 2 is 2.00 bits per heavy atom. The molecule has 2 atom stereocenters. The minimum absolute atomic E-state index is 0.0194. The van der Waals surface area contributed by atoms with Crippen molar-refractivity contribution in [3.05, 3.63) is 34.9 Å². The van der Waals surface area contributed by atoms with Crippen LogP contribution in [0.4, 0.5) is 0 Å². The number of carbonyl (C=O) groups excluding carboxylic acids is 1. The van der Waals surface area contributed by atoms with Crippen LogP contribution in [0.15, 0.2) is 24.3 Å². The van der Waals surface area contributed by atoms with Crippen LogP contribution in [0, 0.1) is 0 Å². The van der Waals surface area contributed by atoms with Gasteiger partial charge in [-0.3, -0.25) is 10.1 Å². The van der Waals surface area contributed by atoms with E-state index in [4.69, 9.17) is 11.6 Å². The van der Waals surface area contributed by atoms with Gasteiger partial charge in [0.15, 0.2) is 0 Å². The monoisotopic (exact) mass is 326 g/mol. The van der Waals surface area contributed by atoms with Crippen LogP contribution in [0.1, 0.15) is 37.9 Å². The molecule has 21 heavy (non-hydrogen) atoms. The van der Waals surface area contributed by atoms with E-state index in [0.717, 1.165) is 42.1 Å².